The molecule has 1 aromatic heterocycles. The van der Waals surface area contributed by atoms with E-state index in [1.165, 1.54) is 16.9 Å². The lowest BCUT2D eigenvalue weighted by atomic mass is 9.84. The minimum atomic E-state index is -0.317. The van der Waals surface area contributed by atoms with E-state index in [4.69, 9.17) is 9.47 Å². The quantitative estimate of drug-likeness (QED) is 0.616. The van der Waals surface area contributed by atoms with Crippen molar-refractivity contribution in [1.82, 2.24) is 4.98 Å². The molecule has 0 bridgehead atoms. The van der Waals surface area contributed by atoms with Gasteiger partial charge in [-0.1, -0.05) is 6.07 Å². The zero-order chi connectivity index (χ0) is 21.4. The van der Waals surface area contributed by atoms with Crippen molar-refractivity contribution < 1.29 is 9.47 Å². The minimum absolute atomic E-state index is 0.129. The Bertz CT molecular complexity index is 1040. The van der Waals surface area contributed by atoms with Crippen molar-refractivity contribution in [2.45, 2.75) is 25.4 Å². The SMILES string of the molecule is COc1ccc(N2CCN(c3ccc4c(c3)C(c3ccccn3)C(C)(C)O4)CC2)cc1. The molecule has 2 aliphatic rings. The van der Waals surface area contributed by atoms with Crippen LogP contribution in [0.1, 0.15) is 31.0 Å². The van der Waals surface area contributed by atoms with Gasteiger partial charge in [-0.2, -0.15) is 0 Å². The van der Waals surface area contributed by atoms with Crippen LogP contribution in [0, 0.1) is 0 Å². The van der Waals surface area contributed by atoms with E-state index in [0.29, 0.717) is 0 Å². The summed E-state index contributed by atoms with van der Waals surface area (Å²) in [6, 6.07) is 21.1. The average Bonchev–Trinajstić information content (AvgIpc) is 3.08. The lowest BCUT2D eigenvalue weighted by Gasteiger charge is -2.37. The first-order valence-electron chi connectivity index (χ1n) is 10.9. The summed E-state index contributed by atoms with van der Waals surface area (Å²) in [4.78, 5) is 9.55. The lowest BCUT2D eigenvalue weighted by molar-refractivity contribution is 0.121. The standard InChI is InChI=1S/C26H29N3O2/c1-26(2)25(23-6-4-5-13-27-23)22-18-20(9-12-24(22)31-26)29-16-14-28(15-17-29)19-7-10-21(30-3)11-8-19/h4-13,18,25H,14-17H2,1-3H3. The first-order chi connectivity index (χ1) is 15.0. The van der Waals surface area contributed by atoms with Crippen LogP contribution in [-0.4, -0.2) is 43.9 Å². The van der Waals surface area contributed by atoms with Gasteiger partial charge in [0, 0.05) is 49.3 Å². The van der Waals surface area contributed by atoms with E-state index >= 15 is 0 Å². The molecule has 5 rings (SSSR count). The number of benzene rings is 2. The number of hydrogen-bond donors (Lipinski definition) is 0. The fourth-order valence-electron chi connectivity index (χ4n) is 4.85. The Balaban J connectivity index is 1.35. The number of anilines is 2. The summed E-state index contributed by atoms with van der Waals surface area (Å²) in [5.74, 6) is 2.00. The fourth-order valence-corrected chi connectivity index (χ4v) is 4.85. The molecule has 5 nitrogen and oxygen atoms in total. The maximum absolute atomic E-state index is 6.32. The Hall–Kier alpha value is -3.21. The van der Waals surface area contributed by atoms with Crippen molar-refractivity contribution in [2.24, 2.45) is 0 Å². The molecule has 0 aliphatic carbocycles. The van der Waals surface area contributed by atoms with Gasteiger partial charge in [0.25, 0.3) is 0 Å². The number of nitrogens with zero attached hydrogens (tertiary/aromatic N) is 3. The number of ether oxygens (including phenoxy) is 2. The lowest BCUT2D eigenvalue weighted by Crippen LogP contribution is -2.46. The molecule has 160 valence electrons. The van der Waals surface area contributed by atoms with Crippen LogP contribution in [0.25, 0.3) is 0 Å². The number of piperazine rings is 1. The molecule has 1 atom stereocenters. The van der Waals surface area contributed by atoms with Crippen LogP contribution in [0.2, 0.25) is 0 Å². The van der Waals surface area contributed by atoms with E-state index in [1.807, 2.05) is 24.4 Å². The molecular formula is C26H29N3O2. The van der Waals surface area contributed by atoms with Gasteiger partial charge in [0.2, 0.25) is 0 Å². The summed E-state index contributed by atoms with van der Waals surface area (Å²) in [6.07, 6.45) is 1.87. The molecule has 31 heavy (non-hydrogen) atoms. The van der Waals surface area contributed by atoms with Gasteiger partial charge < -0.3 is 19.3 Å². The average molecular weight is 416 g/mol. The third-order valence-corrected chi connectivity index (χ3v) is 6.44. The normalized spacial score (nSPS) is 19.6. The van der Waals surface area contributed by atoms with Crippen LogP contribution in [0.5, 0.6) is 11.5 Å². The molecule has 1 saturated heterocycles. The molecular weight excluding hydrogens is 386 g/mol. The molecule has 0 N–H and O–H groups in total. The highest BCUT2D eigenvalue weighted by molar-refractivity contribution is 5.59. The summed E-state index contributed by atoms with van der Waals surface area (Å²) in [6.45, 7) is 8.27. The van der Waals surface area contributed by atoms with Crippen molar-refractivity contribution in [3.05, 3.63) is 78.1 Å². The van der Waals surface area contributed by atoms with Crippen molar-refractivity contribution >= 4 is 11.4 Å². The Labute approximate surface area is 184 Å². The van der Waals surface area contributed by atoms with Crippen LogP contribution in [0.4, 0.5) is 11.4 Å². The molecule has 2 aromatic carbocycles. The predicted molar refractivity (Wildman–Crippen MR) is 125 cm³/mol. The third-order valence-electron chi connectivity index (χ3n) is 6.44. The fraction of sp³-hybridized carbons (Fsp3) is 0.346. The number of aromatic nitrogens is 1. The Morgan fingerprint density at radius 3 is 2.23 bits per heavy atom. The highest BCUT2D eigenvalue weighted by Gasteiger charge is 2.43. The molecule has 0 radical (unpaired) electrons. The van der Waals surface area contributed by atoms with Crippen LogP contribution in [-0.2, 0) is 0 Å². The van der Waals surface area contributed by atoms with Crippen molar-refractivity contribution in [3.8, 4) is 11.5 Å². The molecule has 0 saturated carbocycles. The molecule has 0 spiro atoms. The summed E-state index contributed by atoms with van der Waals surface area (Å²) in [5, 5.41) is 0. The van der Waals surface area contributed by atoms with Gasteiger partial charge in [0.1, 0.15) is 17.1 Å². The van der Waals surface area contributed by atoms with E-state index in [0.717, 1.165) is 43.4 Å². The van der Waals surface area contributed by atoms with E-state index in [9.17, 15) is 0 Å². The zero-order valence-corrected chi connectivity index (χ0v) is 18.4. The maximum atomic E-state index is 6.32. The number of pyridine rings is 1. The Morgan fingerprint density at radius 1 is 0.903 bits per heavy atom. The minimum Gasteiger partial charge on any atom is -0.497 e. The maximum Gasteiger partial charge on any atom is 0.124 e. The molecule has 3 heterocycles. The molecule has 2 aliphatic heterocycles. The summed E-state index contributed by atoms with van der Waals surface area (Å²) >= 11 is 0. The number of rotatable bonds is 4. The van der Waals surface area contributed by atoms with Gasteiger partial charge in [-0.15, -0.1) is 0 Å². The van der Waals surface area contributed by atoms with Gasteiger partial charge in [0.05, 0.1) is 18.7 Å². The van der Waals surface area contributed by atoms with E-state index in [1.54, 1.807) is 7.11 Å². The number of methoxy groups -OCH3 is 1. The van der Waals surface area contributed by atoms with E-state index < -0.39 is 0 Å². The monoisotopic (exact) mass is 415 g/mol. The highest BCUT2D eigenvalue weighted by Crippen LogP contribution is 2.48. The summed E-state index contributed by atoms with van der Waals surface area (Å²) in [7, 11) is 1.70. The van der Waals surface area contributed by atoms with Crippen LogP contribution >= 0.6 is 0 Å². The van der Waals surface area contributed by atoms with Gasteiger partial charge in [-0.3, -0.25) is 4.98 Å². The largest absolute Gasteiger partial charge is 0.497 e. The van der Waals surface area contributed by atoms with Gasteiger partial charge in [-0.25, -0.2) is 0 Å². The Kier molecular flexibility index (Phi) is 4.97. The van der Waals surface area contributed by atoms with Crippen molar-refractivity contribution in [2.75, 3.05) is 43.1 Å². The topological polar surface area (TPSA) is 37.8 Å². The third kappa shape index (κ3) is 3.69. The smallest absolute Gasteiger partial charge is 0.124 e. The molecule has 3 aromatic rings. The Morgan fingerprint density at radius 2 is 1.58 bits per heavy atom. The zero-order valence-electron chi connectivity index (χ0n) is 18.4. The number of hydrogen-bond acceptors (Lipinski definition) is 5. The summed E-state index contributed by atoms with van der Waals surface area (Å²) < 4.78 is 11.6. The van der Waals surface area contributed by atoms with E-state index in [2.05, 4.69) is 71.1 Å². The summed E-state index contributed by atoms with van der Waals surface area (Å²) in [5.41, 5.74) is 4.49. The van der Waals surface area contributed by atoms with Crippen LogP contribution in [0.15, 0.2) is 66.9 Å². The molecule has 0 amide bonds. The predicted octanol–water partition coefficient (Wildman–Crippen LogP) is 4.72. The second kappa shape index (κ2) is 7.80. The molecule has 1 unspecified atom stereocenters. The van der Waals surface area contributed by atoms with Crippen molar-refractivity contribution in [1.29, 1.82) is 0 Å². The van der Waals surface area contributed by atoms with Gasteiger partial charge >= 0.3 is 0 Å². The molecule has 5 heteroatoms. The van der Waals surface area contributed by atoms with Gasteiger partial charge in [-0.05, 0) is 68.4 Å². The second-order valence-corrected chi connectivity index (χ2v) is 8.79. The first kappa shape index (κ1) is 19.7. The van der Waals surface area contributed by atoms with Gasteiger partial charge in [0.15, 0.2) is 0 Å². The van der Waals surface area contributed by atoms with Crippen molar-refractivity contribution in [3.63, 3.8) is 0 Å². The number of fused-ring (bicyclic) bond motifs is 1. The second-order valence-electron chi connectivity index (χ2n) is 8.79. The van der Waals surface area contributed by atoms with Crippen LogP contribution < -0.4 is 19.3 Å². The first-order valence-corrected chi connectivity index (χ1v) is 10.9. The van der Waals surface area contributed by atoms with Crippen LogP contribution in [0.3, 0.4) is 0 Å². The molecule has 1 fully saturated rings. The highest BCUT2D eigenvalue weighted by atomic mass is 16.5. The van der Waals surface area contributed by atoms with E-state index in [-0.39, 0.29) is 11.5 Å².